The van der Waals surface area contributed by atoms with E-state index in [2.05, 4.69) is 5.32 Å². The fourth-order valence-corrected chi connectivity index (χ4v) is 1.75. The predicted molar refractivity (Wildman–Crippen MR) is 57.0 cm³/mol. The number of ether oxygens (including phenoxy) is 1. The van der Waals surface area contributed by atoms with Gasteiger partial charge in [-0.25, -0.2) is 0 Å². The molecule has 92 valence electrons. The first-order valence-electron chi connectivity index (χ1n) is 5.23. The number of amides is 1. The molecule has 0 aromatic rings. The fourth-order valence-electron chi connectivity index (χ4n) is 1.75. The number of nitrogens with one attached hydrogen (secondary N) is 1. The molecule has 0 aliphatic carbocycles. The van der Waals surface area contributed by atoms with E-state index in [0.717, 1.165) is 0 Å². The number of carbonyl (C=O) groups is 2. The minimum absolute atomic E-state index is 0.121. The Labute approximate surface area is 94.6 Å². The van der Waals surface area contributed by atoms with Crippen LogP contribution in [-0.4, -0.2) is 61.3 Å². The Balaban J connectivity index is 2.69. The lowest BCUT2D eigenvalue weighted by Crippen LogP contribution is -2.50. The largest absolute Gasteiger partial charge is 0.481 e. The number of rotatable bonds is 4. The first kappa shape index (κ1) is 12.9. The van der Waals surface area contributed by atoms with Crippen molar-refractivity contribution in [3.8, 4) is 0 Å². The van der Waals surface area contributed by atoms with Crippen molar-refractivity contribution in [2.24, 2.45) is 5.92 Å². The van der Waals surface area contributed by atoms with Gasteiger partial charge in [0.15, 0.2) is 0 Å². The molecule has 3 atom stereocenters. The van der Waals surface area contributed by atoms with Gasteiger partial charge in [0, 0.05) is 7.05 Å². The molecule has 6 nitrogen and oxygen atoms in total. The zero-order valence-electron chi connectivity index (χ0n) is 9.77. The van der Waals surface area contributed by atoms with Gasteiger partial charge in [-0.2, -0.15) is 0 Å². The molecule has 0 aromatic carbocycles. The van der Waals surface area contributed by atoms with Crippen LogP contribution in [0.2, 0.25) is 0 Å². The molecule has 0 saturated carbocycles. The summed E-state index contributed by atoms with van der Waals surface area (Å²) in [5, 5.41) is 11.8. The number of carboxylic acids is 1. The van der Waals surface area contributed by atoms with Crippen molar-refractivity contribution in [1.29, 1.82) is 0 Å². The summed E-state index contributed by atoms with van der Waals surface area (Å²) in [5.41, 5.74) is 0. The molecule has 2 N–H and O–H groups in total. The fraction of sp³-hybridized carbons (Fsp3) is 0.800. The molecule has 1 fully saturated rings. The maximum absolute atomic E-state index is 11.8. The zero-order chi connectivity index (χ0) is 12.3. The van der Waals surface area contributed by atoms with Gasteiger partial charge in [0.2, 0.25) is 5.91 Å². The SMILES string of the molecule is CNC(C)C(=O)N(C)C1COCC1C(=O)O. The first-order valence-corrected chi connectivity index (χ1v) is 5.23. The Kier molecular flexibility index (Phi) is 4.26. The monoisotopic (exact) mass is 230 g/mol. The average molecular weight is 230 g/mol. The molecule has 0 aromatic heterocycles. The van der Waals surface area contributed by atoms with E-state index in [9.17, 15) is 9.59 Å². The van der Waals surface area contributed by atoms with E-state index in [-0.39, 0.29) is 31.2 Å². The van der Waals surface area contributed by atoms with Crippen LogP contribution in [0.3, 0.4) is 0 Å². The molecule has 0 radical (unpaired) electrons. The van der Waals surface area contributed by atoms with Crippen molar-refractivity contribution in [2.45, 2.75) is 19.0 Å². The Bertz CT molecular complexity index is 282. The second-order valence-corrected chi connectivity index (χ2v) is 4.01. The Morgan fingerprint density at radius 1 is 1.50 bits per heavy atom. The van der Waals surface area contributed by atoms with Gasteiger partial charge >= 0.3 is 5.97 Å². The van der Waals surface area contributed by atoms with E-state index in [1.165, 1.54) is 4.90 Å². The average Bonchev–Trinajstić information content (AvgIpc) is 2.74. The minimum Gasteiger partial charge on any atom is -0.481 e. The van der Waals surface area contributed by atoms with Gasteiger partial charge in [-0.1, -0.05) is 0 Å². The van der Waals surface area contributed by atoms with E-state index in [1.54, 1.807) is 21.0 Å². The number of hydrogen-bond acceptors (Lipinski definition) is 4. The summed E-state index contributed by atoms with van der Waals surface area (Å²) in [4.78, 5) is 24.3. The van der Waals surface area contributed by atoms with Crippen molar-refractivity contribution in [2.75, 3.05) is 27.3 Å². The van der Waals surface area contributed by atoms with Crippen molar-refractivity contribution >= 4 is 11.9 Å². The Morgan fingerprint density at radius 3 is 2.62 bits per heavy atom. The number of aliphatic carboxylic acids is 1. The van der Waals surface area contributed by atoms with Crippen LogP contribution in [0.4, 0.5) is 0 Å². The van der Waals surface area contributed by atoms with E-state index in [1.807, 2.05) is 0 Å². The second kappa shape index (κ2) is 5.27. The van der Waals surface area contributed by atoms with Crippen LogP contribution in [0.25, 0.3) is 0 Å². The maximum atomic E-state index is 11.8. The molecule has 6 heteroatoms. The van der Waals surface area contributed by atoms with Crippen LogP contribution in [0.5, 0.6) is 0 Å². The summed E-state index contributed by atoms with van der Waals surface area (Å²) in [6.45, 7) is 2.20. The Morgan fingerprint density at radius 2 is 2.12 bits per heavy atom. The lowest BCUT2D eigenvalue weighted by Gasteiger charge is -2.28. The second-order valence-electron chi connectivity index (χ2n) is 4.01. The summed E-state index contributed by atoms with van der Waals surface area (Å²) in [6.07, 6.45) is 0. The van der Waals surface area contributed by atoms with E-state index in [4.69, 9.17) is 9.84 Å². The molecule has 1 saturated heterocycles. The topological polar surface area (TPSA) is 78.9 Å². The van der Waals surface area contributed by atoms with Crippen LogP contribution < -0.4 is 5.32 Å². The van der Waals surface area contributed by atoms with Gasteiger partial charge in [0.1, 0.15) is 5.92 Å². The van der Waals surface area contributed by atoms with Crippen LogP contribution in [0.15, 0.2) is 0 Å². The van der Waals surface area contributed by atoms with Crippen molar-refractivity contribution in [3.05, 3.63) is 0 Å². The van der Waals surface area contributed by atoms with Crippen molar-refractivity contribution in [3.63, 3.8) is 0 Å². The van der Waals surface area contributed by atoms with E-state index < -0.39 is 11.9 Å². The van der Waals surface area contributed by atoms with Crippen LogP contribution >= 0.6 is 0 Å². The zero-order valence-corrected chi connectivity index (χ0v) is 9.77. The molecule has 1 heterocycles. The molecule has 3 unspecified atom stereocenters. The Hall–Kier alpha value is -1.14. The molecule has 0 spiro atoms. The highest BCUT2D eigenvalue weighted by Gasteiger charge is 2.39. The number of carbonyl (C=O) groups excluding carboxylic acids is 1. The maximum Gasteiger partial charge on any atom is 0.311 e. The summed E-state index contributed by atoms with van der Waals surface area (Å²) in [7, 11) is 3.31. The van der Waals surface area contributed by atoms with Gasteiger partial charge in [-0.15, -0.1) is 0 Å². The summed E-state index contributed by atoms with van der Waals surface area (Å²) in [6, 6.07) is -0.694. The molecule has 1 aliphatic rings. The molecule has 1 aliphatic heterocycles. The third kappa shape index (κ3) is 2.51. The quantitative estimate of drug-likeness (QED) is 0.658. The third-order valence-corrected chi connectivity index (χ3v) is 3.02. The van der Waals surface area contributed by atoms with Gasteiger partial charge in [-0.3, -0.25) is 9.59 Å². The number of nitrogens with zero attached hydrogens (tertiary/aromatic N) is 1. The molecule has 16 heavy (non-hydrogen) atoms. The highest BCUT2D eigenvalue weighted by Crippen LogP contribution is 2.19. The number of likely N-dealkylation sites (N-methyl/N-ethyl adjacent to an activating group) is 2. The van der Waals surface area contributed by atoms with E-state index >= 15 is 0 Å². The molecular formula is C10H18N2O4. The van der Waals surface area contributed by atoms with Crippen LogP contribution in [-0.2, 0) is 14.3 Å². The smallest absolute Gasteiger partial charge is 0.311 e. The third-order valence-electron chi connectivity index (χ3n) is 3.02. The van der Waals surface area contributed by atoms with E-state index in [0.29, 0.717) is 0 Å². The van der Waals surface area contributed by atoms with Crippen molar-refractivity contribution < 1.29 is 19.4 Å². The number of carboxylic acid groups (broad SMARTS) is 1. The normalized spacial score (nSPS) is 26.4. The highest BCUT2D eigenvalue weighted by molar-refractivity contribution is 5.82. The van der Waals surface area contributed by atoms with Gasteiger partial charge in [0.05, 0.1) is 25.3 Å². The lowest BCUT2D eigenvalue weighted by molar-refractivity contribution is -0.144. The van der Waals surface area contributed by atoms with Gasteiger partial charge in [0.25, 0.3) is 0 Å². The summed E-state index contributed by atoms with van der Waals surface area (Å²) < 4.78 is 5.12. The van der Waals surface area contributed by atoms with Crippen LogP contribution in [0, 0.1) is 5.92 Å². The molecule has 1 amide bonds. The first-order chi connectivity index (χ1) is 7.49. The summed E-state index contributed by atoms with van der Waals surface area (Å²) >= 11 is 0. The summed E-state index contributed by atoms with van der Waals surface area (Å²) in [5.74, 6) is -1.67. The molecule has 0 bridgehead atoms. The molecular weight excluding hydrogens is 212 g/mol. The predicted octanol–water partition coefficient (Wildman–Crippen LogP) is -0.848. The molecule has 1 rings (SSSR count). The van der Waals surface area contributed by atoms with Crippen LogP contribution in [0.1, 0.15) is 6.92 Å². The minimum atomic E-state index is -0.917. The van der Waals surface area contributed by atoms with Gasteiger partial charge in [-0.05, 0) is 14.0 Å². The van der Waals surface area contributed by atoms with Gasteiger partial charge < -0.3 is 20.1 Å². The lowest BCUT2D eigenvalue weighted by atomic mass is 10.0. The number of hydrogen-bond donors (Lipinski definition) is 2. The highest BCUT2D eigenvalue weighted by atomic mass is 16.5. The van der Waals surface area contributed by atoms with Crippen molar-refractivity contribution in [1.82, 2.24) is 10.2 Å². The standard InChI is InChI=1S/C10H18N2O4/c1-6(11-2)9(13)12(3)8-5-16-4-7(8)10(14)15/h6-8,11H,4-5H2,1-3H3,(H,14,15).